The minimum atomic E-state index is -0.0915. The number of aryl methyl sites for hydroxylation is 1. The van der Waals surface area contributed by atoms with Crippen molar-refractivity contribution in [3.05, 3.63) is 52.8 Å². The van der Waals surface area contributed by atoms with Crippen LogP contribution < -0.4 is 10.1 Å². The van der Waals surface area contributed by atoms with Crippen LogP contribution in [0.5, 0.6) is 5.75 Å². The van der Waals surface area contributed by atoms with E-state index in [9.17, 15) is 4.79 Å². The Morgan fingerprint density at radius 1 is 1.37 bits per heavy atom. The molecule has 0 radical (unpaired) electrons. The number of aromatic nitrogens is 1. The molecule has 27 heavy (non-hydrogen) atoms. The molecule has 1 aliphatic heterocycles. The number of amides is 1. The third-order valence-corrected chi connectivity index (χ3v) is 5.95. The van der Waals surface area contributed by atoms with E-state index in [0.29, 0.717) is 12.1 Å². The lowest BCUT2D eigenvalue weighted by Crippen LogP contribution is -2.24. The summed E-state index contributed by atoms with van der Waals surface area (Å²) in [6, 6.07) is 7.71. The van der Waals surface area contributed by atoms with Gasteiger partial charge < -0.3 is 14.8 Å². The standard InChI is InChI=1S/C21H26N2O3S/c1-14-11-22-18(15(2)20(14)25-3)12-23-21(24)17-8-4-5-9-19(17)27-13-16-7-6-10-26-16/h4-5,8-9,11,16H,6-7,10,12-13H2,1-3H3,(H,23,24). The Bertz CT molecular complexity index is 804. The number of nitrogens with zero attached hydrogens (tertiary/aromatic N) is 1. The second-order valence-electron chi connectivity index (χ2n) is 6.67. The van der Waals surface area contributed by atoms with Crippen molar-refractivity contribution >= 4 is 17.7 Å². The third-order valence-electron chi connectivity index (χ3n) is 4.75. The first-order chi connectivity index (χ1) is 13.1. The summed E-state index contributed by atoms with van der Waals surface area (Å²) in [6.07, 6.45) is 4.29. The van der Waals surface area contributed by atoms with E-state index in [2.05, 4.69) is 10.3 Å². The van der Waals surface area contributed by atoms with Crippen LogP contribution in [0.4, 0.5) is 0 Å². The Morgan fingerprint density at radius 3 is 2.93 bits per heavy atom. The monoisotopic (exact) mass is 386 g/mol. The third kappa shape index (κ3) is 4.82. The van der Waals surface area contributed by atoms with Gasteiger partial charge >= 0.3 is 0 Å². The van der Waals surface area contributed by atoms with Crippen molar-refractivity contribution in [1.29, 1.82) is 0 Å². The second-order valence-corrected chi connectivity index (χ2v) is 7.73. The van der Waals surface area contributed by atoms with Gasteiger partial charge in [0, 0.05) is 34.6 Å². The molecule has 0 spiro atoms. The molecule has 1 aromatic carbocycles. The molecule has 1 N–H and O–H groups in total. The van der Waals surface area contributed by atoms with Gasteiger partial charge in [0.05, 0.1) is 31.0 Å². The molecule has 1 unspecified atom stereocenters. The molecule has 0 aliphatic carbocycles. The van der Waals surface area contributed by atoms with Gasteiger partial charge in [0.15, 0.2) is 0 Å². The lowest BCUT2D eigenvalue weighted by atomic mass is 10.1. The highest BCUT2D eigenvalue weighted by molar-refractivity contribution is 7.99. The SMILES string of the molecule is COc1c(C)cnc(CNC(=O)c2ccccc2SCC2CCCO2)c1C. The summed E-state index contributed by atoms with van der Waals surface area (Å²) < 4.78 is 11.1. The van der Waals surface area contributed by atoms with Gasteiger partial charge in [0.1, 0.15) is 5.75 Å². The van der Waals surface area contributed by atoms with Crippen LogP contribution in [0, 0.1) is 13.8 Å². The maximum Gasteiger partial charge on any atom is 0.252 e. The molecule has 2 heterocycles. The molecule has 0 bridgehead atoms. The molecule has 1 aromatic heterocycles. The number of pyridine rings is 1. The number of ether oxygens (including phenoxy) is 2. The summed E-state index contributed by atoms with van der Waals surface area (Å²) in [4.78, 5) is 18.2. The maximum atomic E-state index is 12.8. The minimum absolute atomic E-state index is 0.0915. The van der Waals surface area contributed by atoms with Gasteiger partial charge in [-0.2, -0.15) is 0 Å². The number of rotatable bonds is 7. The largest absolute Gasteiger partial charge is 0.496 e. The van der Waals surface area contributed by atoms with Crippen molar-refractivity contribution in [3.63, 3.8) is 0 Å². The molecular formula is C21H26N2O3S. The zero-order valence-corrected chi connectivity index (χ0v) is 16.9. The number of carbonyl (C=O) groups excluding carboxylic acids is 1. The molecule has 2 aromatic rings. The molecule has 1 amide bonds. The van der Waals surface area contributed by atoms with E-state index in [1.807, 2.05) is 38.1 Å². The fourth-order valence-corrected chi connectivity index (χ4v) is 4.37. The first kappa shape index (κ1) is 19.7. The average Bonchev–Trinajstić information content (AvgIpc) is 3.20. The van der Waals surface area contributed by atoms with Gasteiger partial charge in [-0.05, 0) is 38.8 Å². The molecule has 0 saturated carbocycles. The fraction of sp³-hybridized carbons (Fsp3) is 0.429. The van der Waals surface area contributed by atoms with Crippen LogP contribution in [0.25, 0.3) is 0 Å². The minimum Gasteiger partial charge on any atom is -0.496 e. The predicted octanol–water partition coefficient (Wildman–Crippen LogP) is 3.91. The van der Waals surface area contributed by atoms with E-state index < -0.39 is 0 Å². The van der Waals surface area contributed by atoms with Crippen molar-refractivity contribution in [1.82, 2.24) is 10.3 Å². The van der Waals surface area contributed by atoms with Gasteiger partial charge in [0.2, 0.25) is 0 Å². The van der Waals surface area contributed by atoms with Gasteiger partial charge in [-0.1, -0.05) is 12.1 Å². The van der Waals surface area contributed by atoms with E-state index in [-0.39, 0.29) is 12.0 Å². The summed E-state index contributed by atoms with van der Waals surface area (Å²) >= 11 is 1.68. The van der Waals surface area contributed by atoms with Gasteiger partial charge in [-0.3, -0.25) is 9.78 Å². The molecule has 1 aliphatic rings. The molecule has 1 saturated heterocycles. The zero-order valence-electron chi connectivity index (χ0n) is 16.1. The van der Waals surface area contributed by atoms with Crippen LogP contribution in [-0.2, 0) is 11.3 Å². The number of nitrogens with one attached hydrogen (secondary N) is 1. The summed E-state index contributed by atoms with van der Waals surface area (Å²) in [6.45, 7) is 5.14. The van der Waals surface area contributed by atoms with Crippen LogP contribution in [-0.4, -0.2) is 36.5 Å². The van der Waals surface area contributed by atoms with Crippen LogP contribution in [0.15, 0.2) is 35.4 Å². The van der Waals surface area contributed by atoms with Crippen LogP contribution in [0.2, 0.25) is 0 Å². The maximum absolute atomic E-state index is 12.8. The smallest absolute Gasteiger partial charge is 0.252 e. The highest BCUT2D eigenvalue weighted by Crippen LogP contribution is 2.27. The number of thioether (sulfide) groups is 1. The summed E-state index contributed by atoms with van der Waals surface area (Å²) in [5.41, 5.74) is 3.45. The topological polar surface area (TPSA) is 60.5 Å². The second kappa shape index (κ2) is 9.24. The molecule has 144 valence electrons. The quantitative estimate of drug-likeness (QED) is 0.731. The molecule has 1 atom stereocenters. The van der Waals surface area contributed by atoms with Crippen molar-refractivity contribution in [2.75, 3.05) is 19.5 Å². The number of carbonyl (C=O) groups is 1. The average molecular weight is 387 g/mol. The Balaban J connectivity index is 1.66. The van der Waals surface area contributed by atoms with Crippen molar-refractivity contribution in [3.8, 4) is 5.75 Å². The molecule has 5 nitrogen and oxygen atoms in total. The van der Waals surface area contributed by atoms with Crippen LogP contribution >= 0.6 is 11.8 Å². The van der Waals surface area contributed by atoms with E-state index in [0.717, 1.165) is 52.7 Å². The van der Waals surface area contributed by atoms with Gasteiger partial charge in [-0.15, -0.1) is 11.8 Å². The fourth-order valence-electron chi connectivity index (χ4n) is 3.25. The lowest BCUT2D eigenvalue weighted by molar-refractivity contribution is 0.0947. The number of methoxy groups -OCH3 is 1. The Labute approximate surface area is 164 Å². The Kier molecular flexibility index (Phi) is 6.74. The van der Waals surface area contributed by atoms with Crippen LogP contribution in [0.1, 0.15) is 40.0 Å². The van der Waals surface area contributed by atoms with Crippen molar-refractivity contribution < 1.29 is 14.3 Å². The Hall–Kier alpha value is -2.05. The van der Waals surface area contributed by atoms with E-state index in [1.165, 1.54) is 0 Å². The van der Waals surface area contributed by atoms with E-state index in [1.54, 1.807) is 25.1 Å². The van der Waals surface area contributed by atoms with Crippen molar-refractivity contribution in [2.45, 2.75) is 44.2 Å². The molecular weight excluding hydrogens is 360 g/mol. The normalized spacial score (nSPS) is 16.3. The molecule has 1 fully saturated rings. The van der Waals surface area contributed by atoms with Gasteiger partial charge in [-0.25, -0.2) is 0 Å². The first-order valence-corrected chi connectivity index (χ1v) is 10.2. The first-order valence-electron chi connectivity index (χ1n) is 9.21. The highest BCUT2D eigenvalue weighted by Gasteiger charge is 2.18. The predicted molar refractivity (Wildman–Crippen MR) is 108 cm³/mol. The Morgan fingerprint density at radius 2 is 2.19 bits per heavy atom. The van der Waals surface area contributed by atoms with Gasteiger partial charge in [0.25, 0.3) is 5.91 Å². The van der Waals surface area contributed by atoms with Crippen LogP contribution in [0.3, 0.4) is 0 Å². The summed E-state index contributed by atoms with van der Waals surface area (Å²) in [5, 5.41) is 2.99. The van der Waals surface area contributed by atoms with E-state index in [4.69, 9.17) is 9.47 Å². The highest BCUT2D eigenvalue weighted by atomic mass is 32.2. The summed E-state index contributed by atoms with van der Waals surface area (Å²) in [7, 11) is 1.65. The summed E-state index contributed by atoms with van der Waals surface area (Å²) in [5.74, 6) is 1.60. The number of benzene rings is 1. The lowest BCUT2D eigenvalue weighted by Gasteiger charge is -2.14. The number of hydrogen-bond donors (Lipinski definition) is 1. The van der Waals surface area contributed by atoms with Crippen molar-refractivity contribution in [2.24, 2.45) is 0 Å². The molecule has 3 rings (SSSR count). The van der Waals surface area contributed by atoms with E-state index >= 15 is 0 Å². The zero-order chi connectivity index (χ0) is 19.2. The number of hydrogen-bond acceptors (Lipinski definition) is 5. The molecule has 6 heteroatoms.